The molecule has 0 amide bonds. The number of carboxylic acid groups (broad SMARTS) is 1. The van der Waals surface area contributed by atoms with Gasteiger partial charge in [0.25, 0.3) is 0 Å². The quantitative estimate of drug-likeness (QED) is 0.923. The number of rotatable bonds is 3. The number of hydrogen-bond donors (Lipinski definition) is 1. The lowest BCUT2D eigenvalue weighted by molar-refractivity contribution is -0.139. The van der Waals surface area contributed by atoms with Crippen LogP contribution in [0.2, 0.25) is 0 Å². The van der Waals surface area contributed by atoms with Crippen molar-refractivity contribution in [3.8, 4) is 0 Å². The fourth-order valence-corrected chi connectivity index (χ4v) is 4.15. The van der Waals surface area contributed by atoms with E-state index in [0.717, 1.165) is 24.8 Å². The minimum Gasteiger partial charge on any atom is -0.481 e. The van der Waals surface area contributed by atoms with E-state index in [2.05, 4.69) is 11.9 Å². The number of nitrogens with zero attached hydrogens (tertiary/aromatic N) is 1. The summed E-state index contributed by atoms with van der Waals surface area (Å²) in [6, 6.07) is 7.49. The third-order valence-electron chi connectivity index (χ3n) is 5.14. The molecule has 1 aromatic rings. The van der Waals surface area contributed by atoms with Crippen LogP contribution in [-0.4, -0.2) is 35.1 Å². The molecule has 1 unspecified atom stereocenters. The first-order valence-electron chi connectivity index (χ1n) is 7.25. The topological polar surface area (TPSA) is 40.5 Å². The lowest BCUT2D eigenvalue weighted by Gasteiger charge is -2.43. The average molecular weight is 277 g/mol. The Morgan fingerprint density at radius 3 is 2.70 bits per heavy atom. The van der Waals surface area contributed by atoms with Crippen LogP contribution in [-0.2, 0) is 4.79 Å². The number of carbonyl (C=O) groups is 1. The highest BCUT2D eigenvalue weighted by Crippen LogP contribution is 2.47. The predicted octanol–water partition coefficient (Wildman–Crippen LogP) is 2.87. The molecule has 0 spiro atoms. The second-order valence-corrected chi connectivity index (χ2v) is 6.12. The molecule has 4 atom stereocenters. The van der Waals surface area contributed by atoms with Crippen LogP contribution in [0.15, 0.2) is 24.3 Å². The molecule has 20 heavy (non-hydrogen) atoms. The summed E-state index contributed by atoms with van der Waals surface area (Å²) in [5, 5.41) is 9.21. The predicted molar refractivity (Wildman–Crippen MR) is 74.1 cm³/mol. The van der Waals surface area contributed by atoms with Crippen molar-refractivity contribution in [2.75, 3.05) is 7.05 Å². The van der Waals surface area contributed by atoms with Crippen molar-refractivity contribution in [1.82, 2.24) is 4.90 Å². The Morgan fingerprint density at radius 1 is 1.35 bits per heavy atom. The second-order valence-electron chi connectivity index (χ2n) is 6.12. The number of piperidine rings is 1. The monoisotopic (exact) mass is 277 g/mol. The maximum atomic E-state index is 13.1. The Labute approximate surface area is 118 Å². The number of benzene rings is 1. The van der Waals surface area contributed by atoms with Gasteiger partial charge in [-0.15, -0.1) is 0 Å². The van der Waals surface area contributed by atoms with Gasteiger partial charge in [-0.2, -0.15) is 0 Å². The fourth-order valence-electron chi connectivity index (χ4n) is 4.15. The molecule has 1 aromatic carbocycles. The Balaban J connectivity index is 1.91. The highest BCUT2D eigenvalue weighted by molar-refractivity contribution is 5.67. The van der Waals surface area contributed by atoms with Gasteiger partial charge < -0.3 is 10.0 Å². The van der Waals surface area contributed by atoms with Gasteiger partial charge in [-0.25, -0.2) is 4.39 Å². The molecule has 0 saturated carbocycles. The van der Waals surface area contributed by atoms with Crippen LogP contribution < -0.4 is 0 Å². The first-order valence-corrected chi connectivity index (χ1v) is 7.25. The molecular weight excluding hydrogens is 257 g/mol. The van der Waals surface area contributed by atoms with Gasteiger partial charge in [-0.05, 0) is 55.8 Å². The summed E-state index contributed by atoms with van der Waals surface area (Å²) in [6.45, 7) is 0. The van der Waals surface area contributed by atoms with Crippen LogP contribution in [0.1, 0.15) is 37.2 Å². The van der Waals surface area contributed by atoms with E-state index in [1.807, 2.05) is 12.1 Å². The summed E-state index contributed by atoms with van der Waals surface area (Å²) >= 11 is 0. The molecule has 4 heteroatoms. The Hall–Kier alpha value is -1.42. The van der Waals surface area contributed by atoms with Crippen LogP contribution in [0.3, 0.4) is 0 Å². The smallest absolute Gasteiger partial charge is 0.303 e. The van der Waals surface area contributed by atoms with Crippen molar-refractivity contribution in [1.29, 1.82) is 0 Å². The molecular formula is C16H20FNO2. The summed E-state index contributed by atoms with van der Waals surface area (Å²) in [6.07, 6.45) is 3.41. The number of hydrogen-bond acceptors (Lipinski definition) is 2. The first kappa shape index (κ1) is 13.6. The fraction of sp³-hybridized carbons (Fsp3) is 0.562. The van der Waals surface area contributed by atoms with E-state index in [4.69, 9.17) is 0 Å². The van der Waals surface area contributed by atoms with Crippen molar-refractivity contribution >= 4 is 5.97 Å². The van der Waals surface area contributed by atoms with E-state index < -0.39 is 5.97 Å². The highest BCUT2D eigenvalue weighted by Gasteiger charge is 2.46. The summed E-state index contributed by atoms with van der Waals surface area (Å²) in [5.41, 5.74) is 1.09. The molecule has 3 nitrogen and oxygen atoms in total. The number of fused-ring (bicyclic) bond motifs is 2. The molecule has 0 radical (unpaired) electrons. The van der Waals surface area contributed by atoms with Gasteiger partial charge in [0.1, 0.15) is 5.82 Å². The van der Waals surface area contributed by atoms with Crippen molar-refractivity contribution in [3.05, 3.63) is 35.6 Å². The van der Waals surface area contributed by atoms with E-state index in [1.54, 1.807) is 0 Å². The molecule has 2 aliphatic heterocycles. The van der Waals surface area contributed by atoms with Crippen LogP contribution in [0, 0.1) is 11.7 Å². The number of halogens is 1. The zero-order chi connectivity index (χ0) is 14.3. The minimum atomic E-state index is -0.735. The highest BCUT2D eigenvalue weighted by atomic mass is 19.1. The van der Waals surface area contributed by atoms with Crippen LogP contribution >= 0.6 is 0 Å². The SMILES string of the molecule is CN1C2CC[C@@H]1[C@@H](CC(=O)O)[C@@H](c1ccc(F)cc1)C2. The van der Waals surface area contributed by atoms with Gasteiger partial charge in [-0.3, -0.25) is 4.79 Å². The van der Waals surface area contributed by atoms with Gasteiger partial charge >= 0.3 is 5.97 Å². The molecule has 108 valence electrons. The van der Waals surface area contributed by atoms with Crippen molar-refractivity contribution in [2.45, 2.75) is 43.7 Å². The standard InChI is InChI=1S/C16H20FNO2/c1-18-12-6-7-15(18)14(9-16(19)20)13(8-12)10-2-4-11(17)5-3-10/h2-5,12-15H,6-9H2,1H3,(H,19,20)/t12?,13-,14+,15-/m1/s1. The Morgan fingerprint density at radius 2 is 2.05 bits per heavy atom. The normalized spacial score (nSPS) is 33.3. The van der Waals surface area contributed by atoms with E-state index in [1.165, 1.54) is 12.1 Å². The number of carboxylic acids is 1. The molecule has 1 N–H and O–H groups in total. The largest absolute Gasteiger partial charge is 0.481 e. The van der Waals surface area contributed by atoms with Crippen molar-refractivity contribution < 1.29 is 14.3 Å². The van der Waals surface area contributed by atoms with Crippen LogP contribution in [0.25, 0.3) is 0 Å². The summed E-state index contributed by atoms with van der Waals surface area (Å²) in [4.78, 5) is 13.6. The van der Waals surface area contributed by atoms with Crippen molar-refractivity contribution in [2.24, 2.45) is 5.92 Å². The van der Waals surface area contributed by atoms with Gasteiger partial charge in [0.15, 0.2) is 0 Å². The second kappa shape index (κ2) is 5.17. The maximum Gasteiger partial charge on any atom is 0.303 e. The molecule has 2 aliphatic rings. The third kappa shape index (κ3) is 2.33. The average Bonchev–Trinajstić information content (AvgIpc) is 2.65. The third-order valence-corrected chi connectivity index (χ3v) is 5.14. The summed E-state index contributed by atoms with van der Waals surface area (Å²) < 4.78 is 13.1. The minimum absolute atomic E-state index is 0.127. The van der Waals surface area contributed by atoms with E-state index >= 15 is 0 Å². The molecule has 2 heterocycles. The van der Waals surface area contributed by atoms with Gasteiger partial charge in [0, 0.05) is 12.1 Å². The van der Waals surface area contributed by atoms with Gasteiger partial charge in [-0.1, -0.05) is 12.1 Å². The molecule has 2 saturated heterocycles. The molecule has 2 fully saturated rings. The Bertz CT molecular complexity index is 502. The zero-order valence-corrected chi connectivity index (χ0v) is 11.6. The van der Waals surface area contributed by atoms with E-state index in [9.17, 15) is 14.3 Å². The summed E-state index contributed by atoms with van der Waals surface area (Å²) in [7, 11) is 2.11. The van der Waals surface area contributed by atoms with E-state index in [0.29, 0.717) is 12.1 Å². The van der Waals surface area contributed by atoms with Gasteiger partial charge in [0.05, 0.1) is 6.42 Å². The first-order chi connectivity index (χ1) is 9.56. The maximum absolute atomic E-state index is 13.1. The summed E-state index contributed by atoms with van der Waals surface area (Å²) in [5.74, 6) is -0.609. The van der Waals surface area contributed by atoms with Gasteiger partial charge in [0.2, 0.25) is 0 Å². The molecule has 2 bridgehead atoms. The molecule has 3 rings (SSSR count). The Kier molecular flexibility index (Phi) is 3.50. The molecule has 0 aromatic heterocycles. The number of aliphatic carboxylic acids is 1. The molecule has 0 aliphatic carbocycles. The van der Waals surface area contributed by atoms with E-state index in [-0.39, 0.29) is 24.1 Å². The van der Waals surface area contributed by atoms with Crippen molar-refractivity contribution in [3.63, 3.8) is 0 Å². The van der Waals surface area contributed by atoms with Crippen LogP contribution in [0.4, 0.5) is 4.39 Å². The van der Waals surface area contributed by atoms with Crippen LogP contribution in [0.5, 0.6) is 0 Å². The lowest BCUT2D eigenvalue weighted by atomic mass is 9.74. The lowest BCUT2D eigenvalue weighted by Crippen LogP contribution is -2.46. The zero-order valence-electron chi connectivity index (χ0n) is 11.6.